The van der Waals surface area contributed by atoms with Gasteiger partial charge in [-0.25, -0.2) is 13.1 Å². The predicted molar refractivity (Wildman–Crippen MR) is 72.8 cm³/mol. The summed E-state index contributed by atoms with van der Waals surface area (Å²) in [4.78, 5) is 0.336. The van der Waals surface area contributed by atoms with Crippen LogP contribution in [0.25, 0.3) is 0 Å². The Morgan fingerprint density at radius 3 is 2.56 bits per heavy atom. The van der Waals surface area contributed by atoms with Gasteiger partial charge in [-0.15, -0.1) is 0 Å². The van der Waals surface area contributed by atoms with E-state index in [2.05, 4.69) is 10.8 Å². The molecule has 0 spiro atoms. The molecule has 98 valence electrons. The minimum Gasteiger partial charge on any atom is -0.211 e. The van der Waals surface area contributed by atoms with Crippen molar-refractivity contribution < 1.29 is 8.42 Å². The number of hydrogen-bond acceptors (Lipinski definition) is 2. The number of allylic oxidation sites excluding steroid dienone is 1. The van der Waals surface area contributed by atoms with Gasteiger partial charge in [-0.2, -0.15) is 0 Å². The molecule has 18 heavy (non-hydrogen) atoms. The predicted octanol–water partition coefficient (Wildman–Crippen LogP) is 2.86. The topological polar surface area (TPSA) is 46.2 Å². The average molecular weight is 265 g/mol. The summed E-state index contributed by atoms with van der Waals surface area (Å²) < 4.78 is 26.5. The summed E-state index contributed by atoms with van der Waals surface area (Å²) in [5.74, 6) is 0. The maximum atomic E-state index is 11.9. The van der Waals surface area contributed by atoms with Crippen molar-refractivity contribution in [2.45, 2.75) is 37.0 Å². The van der Waals surface area contributed by atoms with Gasteiger partial charge in [-0.05, 0) is 44.2 Å². The van der Waals surface area contributed by atoms with Gasteiger partial charge in [0.1, 0.15) is 0 Å². The van der Waals surface area contributed by atoms with E-state index in [4.69, 9.17) is 0 Å². The molecule has 1 aliphatic carbocycles. The molecule has 0 saturated carbocycles. The second-order valence-electron chi connectivity index (χ2n) is 4.57. The van der Waals surface area contributed by atoms with Crippen molar-refractivity contribution in [2.75, 3.05) is 6.54 Å². The Morgan fingerprint density at radius 1 is 1.11 bits per heavy atom. The molecule has 1 N–H and O–H groups in total. The van der Waals surface area contributed by atoms with E-state index in [1.165, 1.54) is 18.4 Å². The molecular formula is C14H19NO2S. The SMILES string of the molecule is O=S(=O)(NCCC1=CCCCC1)c1ccccc1. The van der Waals surface area contributed by atoms with Gasteiger partial charge in [0.2, 0.25) is 10.0 Å². The van der Waals surface area contributed by atoms with Gasteiger partial charge in [-0.3, -0.25) is 0 Å². The first-order chi connectivity index (χ1) is 8.68. The molecule has 0 heterocycles. The largest absolute Gasteiger partial charge is 0.240 e. The van der Waals surface area contributed by atoms with E-state index in [-0.39, 0.29) is 0 Å². The first-order valence-corrected chi connectivity index (χ1v) is 7.89. The first-order valence-electron chi connectivity index (χ1n) is 6.41. The second-order valence-corrected chi connectivity index (χ2v) is 6.34. The van der Waals surface area contributed by atoms with E-state index in [0.717, 1.165) is 19.3 Å². The standard InChI is InChI=1S/C14H19NO2S/c16-18(17,14-9-5-2-6-10-14)15-12-11-13-7-3-1-4-8-13/h2,5-7,9-10,15H,1,3-4,8,11-12H2. The van der Waals surface area contributed by atoms with Crippen molar-refractivity contribution >= 4 is 10.0 Å². The molecule has 3 nitrogen and oxygen atoms in total. The lowest BCUT2D eigenvalue weighted by Gasteiger charge is -2.13. The van der Waals surface area contributed by atoms with Crippen LogP contribution in [0, 0.1) is 0 Å². The lowest BCUT2D eigenvalue weighted by molar-refractivity contribution is 0.579. The molecule has 0 aliphatic heterocycles. The zero-order valence-corrected chi connectivity index (χ0v) is 11.2. The fraction of sp³-hybridized carbons (Fsp3) is 0.429. The molecule has 0 bridgehead atoms. The van der Waals surface area contributed by atoms with Gasteiger partial charge >= 0.3 is 0 Å². The Morgan fingerprint density at radius 2 is 1.89 bits per heavy atom. The molecule has 1 aromatic rings. The third kappa shape index (κ3) is 3.68. The van der Waals surface area contributed by atoms with E-state index >= 15 is 0 Å². The highest BCUT2D eigenvalue weighted by Gasteiger charge is 2.12. The average Bonchev–Trinajstić information content (AvgIpc) is 2.41. The van der Waals surface area contributed by atoms with Crippen molar-refractivity contribution in [3.05, 3.63) is 42.0 Å². The van der Waals surface area contributed by atoms with Crippen LogP contribution >= 0.6 is 0 Å². The molecule has 0 saturated heterocycles. The van der Waals surface area contributed by atoms with E-state index in [0.29, 0.717) is 11.4 Å². The summed E-state index contributed by atoms with van der Waals surface area (Å²) in [6.07, 6.45) is 7.83. The Kier molecular flexibility index (Phi) is 4.55. The highest BCUT2D eigenvalue weighted by molar-refractivity contribution is 7.89. The molecule has 0 fully saturated rings. The molecular weight excluding hydrogens is 246 g/mol. The normalized spacial score (nSPS) is 16.3. The lowest BCUT2D eigenvalue weighted by Crippen LogP contribution is -2.25. The lowest BCUT2D eigenvalue weighted by atomic mass is 9.97. The highest BCUT2D eigenvalue weighted by atomic mass is 32.2. The van der Waals surface area contributed by atoms with Crippen molar-refractivity contribution in [3.8, 4) is 0 Å². The van der Waals surface area contributed by atoms with Crippen LogP contribution in [0.4, 0.5) is 0 Å². The summed E-state index contributed by atoms with van der Waals surface area (Å²) in [6, 6.07) is 8.51. The van der Waals surface area contributed by atoms with Crippen molar-refractivity contribution in [2.24, 2.45) is 0 Å². The Labute approximate surface area is 109 Å². The highest BCUT2D eigenvalue weighted by Crippen LogP contribution is 2.19. The van der Waals surface area contributed by atoms with Gasteiger partial charge < -0.3 is 0 Å². The minimum absolute atomic E-state index is 0.336. The molecule has 0 aromatic heterocycles. The van der Waals surface area contributed by atoms with Crippen molar-refractivity contribution in [1.29, 1.82) is 0 Å². The maximum absolute atomic E-state index is 11.9. The van der Waals surface area contributed by atoms with Gasteiger partial charge in [0.25, 0.3) is 0 Å². The number of nitrogens with one attached hydrogen (secondary N) is 1. The molecule has 0 radical (unpaired) electrons. The van der Waals surface area contributed by atoms with E-state index in [9.17, 15) is 8.42 Å². The first kappa shape index (κ1) is 13.3. The third-order valence-corrected chi connectivity index (χ3v) is 4.65. The summed E-state index contributed by atoms with van der Waals surface area (Å²) in [7, 11) is -3.34. The van der Waals surface area contributed by atoms with Crippen molar-refractivity contribution in [3.63, 3.8) is 0 Å². The molecule has 0 unspecified atom stereocenters. The van der Waals surface area contributed by atoms with Crippen LogP contribution in [0.15, 0.2) is 46.9 Å². The fourth-order valence-corrected chi connectivity index (χ4v) is 3.21. The van der Waals surface area contributed by atoms with Crippen LogP contribution in [0.1, 0.15) is 32.1 Å². The van der Waals surface area contributed by atoms with Crippen LogP contribution in [0.2, 0.25) is 0 Å². The molecule has 0 amide bonds. The molecule has 4 heteroatoms. The zero-order valence-electron chi connectivity index (χ0n) is 10.4. The van der Waals surface area contributed by atoms with E-state index in [1.54, 1.807) is 24.3 Å². The van der Waals surface area contributed by atoms with Crippen LogP contribution in [0.5, 0.6) is 0 Å². The van der Waals surface area contributed by atoms with Crippen LogP contribution in [0.3, 0.4) is 0 Å². The zero-order chi connectivity index (χ0) is 12.8. The third-order valence-electron chi connectivity index (χ3n) is 3.18. The van der Waals surface area contributed by atoms with Gasteiger partial charge in [0.15, 0.2) is 0 Å². The fourth-order valence-electron chi connectivity index (χ4n) is 2.16. The van der Waals surface area contributed by atoms with Gasteiger partial charge in [0, 0.05) is 6.54 Å². The quantitative estimate of drug-likeness (QED) is 0.832. The van der Waals surface area contributed by atoms with Gasteiger partial charge in [0.05, 0.1) is 4.90 Å². The molecule has 1 aliphatic rings. The Bertz CT molecular complexity index is 506. The Balaban J connectivity index is 1.88. The number of hydrogen-bond donors (Lipinski definition) is 1. The minimum atomic E-state index is -3.34. The summed E-state index contributed by atoms with van der Waals surface area (Å²) >= 11 is 0. The van der Waals surface area contributed by atoms with Crippen LogP contribution in [-0.2, 0) is 10.0 Å². The second kappa shape index (κ2) is 6.16. The van der Waals surface area contributed by atoms with E-state index < -0.39 is 10.0 Å². The van der Waals surface area contributed by atoms with Crippen LogP contribution < -0.4 is 4.72 Å². The van der Waals surface area contributed by atoms with E-state index in [1.807, 2.05) is 6.07 Å². The summed E-state index contributed by atoms with van der Waals surface area (Å²) in [5, 5.41) is 0. The Hall–Kier alpha value is -1.13. The molecule has 0 atom stereocenters. The molecule has 2 rings (SSSR count). The number of benzene rings is 1. The monoisotopic (exact) mass is 265 g/mol. The smallest absolute Gasteiger partial charge is 0.211 e. The number of rotatable bonds is 5. The summed E-state index contributed by atoms with van der Waals surface area (Å²) in [6.45, 7) is 0.489. The number of sulfonamides is 1. The maximum Gasteiger partial charge on any atom is 0.240 e. The molecule has 1 aromatic carbocycles. The van der Waals surface area contributed by atoms with Crippen LogP contribution in [-0.4, -0.2) is 15.0 Å². The summed E-state index contributed by atoms with van der Waals surface area (Å²) in [5.41, 5.74) is 1.39. The van der Waals surface area contributed by atoms with Gasteiger partial charge in [-0.1, -0.05) is 29.8 Å². The van der Waals surface area contributed by atoms with Crippen molar-refractivity contribution in [1.82, 2.24) is 4.72 Å².